The van der Waals surface area contributed by atoms with E-state index in [9.17, 15) is 24.0 Å². The molecule has 2 aliphatic heterocycles. The molecule has 2 aliphatic rings. The van der Waals surface area contributed by atoms with E-state index in [1.807, 2.05) is 6.92 Å². The summed E-state index contributed by atoms with van der Waals surface area (Å²) in [5.41, 5.74) is -1.70. The average Bonchev–Trinajstić information content (AvgIpc) is 3.24. The predicted octanol–water partition coefficient (Wildman–Crippen LogP) is 1.41. The number of ether oxygens (including phenoxy) is 1. The standard InChI is InChI=1S/C9H19NO7P2S/c1-3-4-5-20-8(11)10-9(18(12,13)14)19(15,16-2)6-7(19)17-6/h6-7,9,15H,3-5H2,1-2H3,(H,10,11)(H2,12,13,14). The minimum absolute atomic E-state index is 0.550. The molecular weight excluding hydrogens is 328 g/mol. The van der Waals surface area contributed by atoms with Gasteiger partial charge < -0.3 is 0 Å². The van der Waals surface area contributed by atoms with E-state index in [1.165, 1.54) is 7.11 Å². The van der Waals surface area contributed by atoms with Crippen LogP contribution >= 0.6 is 26.4 Å². The Morgan fingerprint density at radius 2 is 2.15 bits per heavy atom. The molecule has 0 spiro atoms. The number of nitrogens with one attached hydrogen (secondary N) is 1. The molecule has 3 unspecified atom stereocenters. The Morgan fingerprint density at radius 3 is 2.50 bits per heavy atom. The van der Waals surface area contributed by atoms with E-state index < -0.39 is 37.1 Å². The molecule has 0 aliphatic carbocycles. The van der Waals surface area contributed by atoms with Crippen molar-refractivity contribution in [2.45, 2.75) is 37.0 Å². The van der Waals surface area contributed by atoms with Crippen molar-refractivity contribution in [2.75, 3.05) is 12.9 Å². The number of rotatable bonds is 7. The van der Waals surface area contributed by atoms with Gasteiger partial charge in [-0.25, -0.2) is 0 Å². The molecule has 4 N–H and O–H groups in total. The van der Waals surface area contributed by atoms with Gasteiger partial charge in [-0.15, -0.1) is 0 Å². The second-order valence-electron chi connectivity index (χ2n) is 4.89. The van der Waals surface area contributed by atoms with E-state index in [1.54, 1.807) is 0 Å². The van der Waals surface area contributed by atoms with Gasteiger partial charge in [0.05, 0.1) is 0 Å². The second-order valence-corrected chi connectivity index (χ2v) is 12.3. The molecule has 2 heterocycles. The van der Waals surface area contributed by atoms with Crippen molar-refractivity contribution in [2.24, 2.45) is 0 Å². The zero-order valence-corrected chi connectivity index (χ0v) is 13.7. The molecule has 0 bridgehead atoms. The van der Waals surface area contributed by atoms with Crippen LogP contribution in [0.15, 0.2) is 0 Å². The summed E-state index contributed by atoms with van der Waals surface area (Å²) in [7, 11) is -7.69. The van der Waals surface area contributed by atoms with Crippen LogP contribution in [0.4, 0.5) is 4.79 Å². The summed E-state index contributed by atoms with van der Waals surface area (Å²) in [5, 5.41) is 1.66. The molecule has 0 saturated carbocycles. The van der Waals surface area contributed by atoms with Crippen molar-refractivity contribution in [3.63, 3.8) is 0 Å². The van der Waals surface area contributed by atoms with Crippen LogP contribution in [-0.2, 0) is 13.8 Å². The number of thioether (sulfide) groups is 1. The maximum atomic E-state index is 11.8. The Hall–Kier alpha value is 0.280. The SMILES string of the molecule is CCCCSC(=O)NC(P(=O)(O)O)P1(O)(OC)C2OC21. The molecule has 118 valence electrons. The van der Waals surface area contributed by atoms with Gasteiger partial charge in [0.15, 0.2) is 0 Å². The maximum absolute atomic E-state index is 11.8. The van der Waals surface area contributed by atoms with E-state index >= 15 is 0 Å². The van der Waals surface area contributed by atoms with Crippen molar-refractivity contribution in [1.29, 1.82) is 0 Å². The fourth-order valence-corrected chi connectivity index (χ4v) is 10.4. The molecule has 11 heteroatoms. The number of amides is 1. The molecule has 2 saturated heterocycles. The van der Waals surface area contributed by atoms with Crippen LogP contribution < -0.4 is 5.32 Å². The molecule has 2 rings (SSSR count). The third-order valence-electron chi connectivity index (χ3n) is 3.57. The van der Waals surface area contributed by atoms with E-state index in [0.717, 1.165) is 24.6 Å². The van der Waals surface area contributed by atoms with Gasteiger partial charge in [-0.05, 0) is 0 Å². The van der Waals surface area contributed by atoms with E-state index in [4.69, 9.17) is 9.26 Å². The van der Waals surface area contributed by atoms with Crippen molar-refractivity contribution < 1.29 is 33.3 Å². The number of unbranched alkanes of at least 4 members (excludes halogenated alkanes) is 1. The first-order valence-electron chi connectivity index (χ1n) is 6.15. The predicted molar refractivity (Wildman–Crippen MR) is 76.5 cm³/mol. The molecule has 0 aromatic heterocycles. The number of hydrogen-bond donors (Lipinski definition) is 4. The van der Waals surface area contributed by atoms with Gasteiger partial charge in [-0.3, -0.25) is 0 Å². The van der Waals surface area contributed by atoms with Crippen LogP contribution in [0.2, 0.25) is 0 Å². The van der Waals surface area contributed by atoms with Crippen molar-refractivity contribution >= 4 is 31.7 Å². The Kier molecular flexibility index (Phi) is 4.31. The van der Waals surface area contributed by atoms with E-state index in [0.29, 0.717) is 5.75 Å². The number of fused-ring (bicyclic) bond motifs is 1. The fourth-order valence-electron chi connectivity index (χ4n) is 2.20. The second kappa shape index (κ2) is 5.18. The summed E-state index contributed by atoms with van der Waals surface area (Å²) in [6.45, 7) is 1.97. The van der Waals surface area contributed by atoms with E-state index in [-0.39, 0.29) is 0 Å². The van der Waals surface area contributed by atoms with Gasteiger partial charge in [0.25, 0.3) is 0 Å². The zero-order valence-electron chi connectivity index (χ0n) is 11.1. The molecular formula is C9H19NO7P2S. The summed E-state index contributed by atoms with van der Waals surface area (Å²) in [6.07, 6.45) is 1.73. The van der Waals surface area contributed by atoms with Gasteiger partial charge in [0.1, 0.15) is 0 Å². The molecule has 0 radical (unpaired) electrons. The molecule has 2 fully saturated rings. The summed E-state index contributed by atoms with van der Waals surface area (Å²) in [6, 6.07) is 0. The van der Waals surface area contributed by atoms with Crippen LogP contribution in [0, 0.1) is 0 Å². The van der Waals surface area contributed by atoms with Crippen LogP contribution in [0.3, 0.4) is 0 Å². The minimum atomic E-state index is -4.76. The average molecular weight is 347 g/mol. The first-order chi connectivity index (χ1) is 9.19. The number of carbonyl (C=O) groups excluding carboxylic acids is 1. The van der Waals surface area contributed by atoms with Crippen LogP contribution in [0.5, 0.6) is 0 Å². The van der Waals surface area contributed by atoms with E-state index in [2.05, 4.69) is 5.32 Å². The van der Waals surface area contributed by atoms with Crippen LogP contribution in [0.1, 0.15) is 19.8 Å². The molecule has 0 aromatic carbocycles. The molecule has 1 amide bonds. The quantitative estimate of drug-likeness (QED) is 0.309. The Balaban J connectivity index is 2.07. The van der Waals surface area contributed by atoms with Gasteiger partial charge in [-0.1, -0.05) is 0 Å². The van der Waals surface area contributed by atoms with Gasteiger partial charge in [0.2, 0.25) is 0 Å². The summed E-state index contributed by atoms with van der Waals surface area (Å²) >= 11 is 0.935. The third-order valence-corrected chi connectivity index (χ3v) is 11.9. The summed E-state index contributed by atoms with van der Waals surface area (Å²) in [5.74, 6) is -0.803. The molecule has 8 nitrogen and oxygen atoms in total. The Morgan fingerprint density at radius 1 is 1.55 bits per heavy atom. The number of epoxide rings is 1. The van der Waals surface area contributed by atoms with Gasteiger partial charge in [-0.2, -0.15) is 0 Å². The van der Waals surface area contributed by atoms with Crippen molar-refractivity contribution in [3.05, 3.63) is 0 Å². The first-order valence-corrected chi connectivity index (χ1v) is 11.1. The third kappa shape index (κ3) is 2.44. The summed E-state index contributed by atoms with van der Waals surface area (Å²) in [4.78, 5) is 41.2. The normalized spacial score (nSPS) is 32.4. The van der Waals surface area contributed by atoms with Crippen molar-refractivity contribution in [1.82, 2.24) is 5.32 Å². The first kappa shape index (κ1) is 16.6. The molecule has 20 heavy (non-hydrogen) atoms. The molecule has 0 aromatic rings. The van der Waals surface area contributed by atoms with Crippen LogP contribution in [-0.4, -0.2) is 50.0 Å². The monoisotopic (exact) mass is 347 g/mol. The Bertz CT molecular complexity index is 461. The topological polar surface area (TPSA) is 129 Å². The van der Waals surface area contributed by atoms with Gasteiger partial charge >= 0.3 is 120 Å². The zero-order chi connectivity index (χ0) is 15.2. The van der Waals surface area contributed by atoms with Crippen LogP contribution in [0.25, 0.3) is 0 Å². The number of carbonyl (C=O) groups is 1. The Labute approximate surface area is 120 Å². The summed E-state index contributed by atoms with van der Waals surface area (Å²) < 4.78 is 21.6. The van der Waals surface area contributed by atoms with Crippen molar-refractivity contribution in [3.8, 4) is 0 Å². The molecule has 3 atom stereocenters. The van der Waals surface area contributed by atoms with Gasteiger partial charge in [0, 0.05) is 0 Å². The fraction of sp³-hybridized carbons (Fsp3) is 0.889. The number of hydrogen-bond acceptors (Lipinski definition) is 6.